The van der Waals surface area contributed by atoms with Gasteiger partial charge in [-0.25, -0.2) is 14.4 Å². The Morgan fingerprint density at radius 2 is 1.72 bits per heavy atom. The zero-order valence-corrected chi connectivity index (χ0v) is 20.6. The predicted octanol–water partition coefficient (Wildman–Crippen LogP) is 4.26. The van der Waals surface area contributed by atoms with Crippen LogP contribution in [0.25, 0.3) is 16.8 Å². The predicted molar refractivity (Wildman–Crippen MR) is 136 cm³/mol. The molecule has 0 N–H and O–H groups in total. The van der Waals surface area contributed by atoms with Gasteiger partial charge in [-0.1, -0.05) is 19.9 Å². The third-order valence-electron chi connectivity index (χ3n) is 7.51. The number of aryl methyl sites for hydroxylation is 2. The molecule has 2 atom stereocenters. The van der Waals surface area contributed by atoms with E-state index in [1.54, 1.807) is 18.5 Å². The molecule has 2 aliphatic heterocycles. The molecule has 0 saturated carbocycles. The summed E-state index contributed by atoms with van der Waals surface area (Å²) in [4.78, 5) is 31.9. The molecule has 1 amide bonds. The molecule has 2 unspecified atom stereocenters. The number of anilines is 1. The Bertz CT molecular complexity index is 1410. The van der Waals surface area contributed by atoms with Crippen molar-refractivity contribution in [1.82, 2.24) is 24.3 Å². The van der Waals surface area contributed by atoms with Crippen molar-refractivity contribution >= 4 is 17.4 Å². The van der Waals surface area contributed by atoms with E-state index in [-0.39, 0.29) is 11.6 Å². The van der Waals surface area contributed by atoms with E-state index in [2.05, 4.69) is 29.8 Å². The molecule has 8 heteroatoms. The Morgan fingerprint density at radius 1 is 1.00 bits per heavy atom. The number of hydrogen-bond acceptors (Lipinski definition) is 5. The lowest BCUT2D eigenvalue weighted by Gasteiger charge is -2.23. The second-order valence-electron chi connectivity index (χ2n) is 9.74. The van der Waals surface area contributed by atoms with E-state index in [0.717, 1.165) is 48.8 Å². The summed E-state index contributed by atoms with van der Waals surface area (Å²) in [6.45, 7) is 7.24. The van der Waals surface area contributed by atoms with Crippen molar-refractivity contribution < 1.29 is 9.18 Å². The first-order valence-electron chi connectivity index (χ1n) is 12.7. The average Bonchev–Trinajstić information content (AvgIpc) is 3.60. The number of rotatable bonds is 5. The summed E-state index contributed by atoms with van der Waals surface area (Å²) >= 11 is 0. The number of aromatic nitrogens is 4. The van der Waals surface area contributed by atoms with Gasteiger partial charge in [0.25, 0.3) is 5.91 Å². The Morgan fingerprint density at radius 3 is 2.39 bits per heavy atom. The van der Waals surface area contributed by atoms with E-state index < -0.39 is 5.82 Å². The smallest absolute Gasteiger partial charge is 0.256 e. The molecule has 0 bridgehead atoms. The first-order valence-corrected chi connectivity index (χ1v) is 12.7. The summed E-state index contributed by atoms with van der Waals surface area (Å²) in [6, 6.07) is 10.7. The van der Waals surface area contributed by atoms with E-state index in [1.165, 1.54) is 6.07 Å². The minimum Gasteiger partial charge on any atom is -0.340 e. The fraction of sp³-hybridized carbons (Fsp3) is 0.357. The van der Waals surface area contributed by atoms with Crippen molar-refractivity contribution in [2.45, 2.75) is 26.7 Å². The Balaban J connectivity index is 1.27. The molecule has 2 aliphatic rings. The molecule has 0 aromatic carbocycles. The van der Waals surface area contributed by atoms with E-state index in [0.29, 0.717) is 36.1 Å². The monoisotopic (exact) mass is 484 g/mol. The van der Waals surface area contributed by atoms with Gasteiger partial charge in [-0.15, -0.1) is 0 Å². The van der Waals surface area contributed by atoms with Gasteiger partial charge >= 0.3 is 0 Å². The van der Waals surface area contributed by atoms with Gasteiger partial charge in [0.1, 0.15) is 11.5 Å². The van der Waals surface area contributed by atoms with Gasteiger partial charge in [-0.05, 0) is 43.2 Å². The minimum absolute atomic E-state index is 0.0674. The van der Waals surface area contributed by atoms with Crippen molar-refractivity contribution in [2.75, 3.05) is 31.1 Å². The highest BCUT2D eigenvalue weighted by atomic mass is 19.1. The van der Waals surface area contributed by atoms with Gasteiger partial charge in [0.2, 0.25) is 5.95 Å². The first-order chi connectivity index (χ1) is 17.6. The molecule has 0 spiro atoms. The Kier molecular flexibility index (Phi) is 5.66. The van der Waals surface area contributed by atoms with Gasteiger partial charge in [-0.3, -0.25) is 9.78 Å². The van der Waals surface area contributed by atoms with Crippen molar-refractivity contribution in [2.24, 2.45) is 11.8 Å². The van der Waals surface area contributed by atoms with Crippen molar-refractivity contribution in [1.29, 1.82) is 0 Å². The van der Waals surface area contributed by atoms with Crippen LogP contribution in [0, 0.1) is 17.7 Å². The van der Waals surface area contributed by atoms with Crippen LogP contribution in [0.2, 0.25) is 0 Å². The number of nitrogens with zero attached hydrogens (tertiary/aromatic N) is 6. The summed E-state index contributed by atoms with van der Waals surface area (Å²) < 4.78 is 16.6. The highest BCUT2D eigenvalue weighted by molar-refractivity contribution is 6.07. The molecule has 184 valence electrons. The van der Waals surface area contributed by atoms with Crippen LogP contribution in [0.15, 0.2) is 55.0 Å². The molecule has 7 nitrogen and oxygen atoms in total. The van der Waals surface area contributed by atoms with E-state index in [4.69, 9.17) is 9.97 Å². The van der Waals surface area contributed by atoms with Gasteiger partial charge < -0.3 is 14.2 Å². The molecule has 2 saturated heterocycles. The highest BCUT2D eigenvalue weighted by Crippen LogP contribution is 2.36. The fourth-order valence-electron chi connectivity index (χ4n) is 5.63. The summed E-state index contributed by atoms with van der Waals surface area (Å²) in [5.41, 5.74) is 4.14. The molecule has 0 radical (unpaired) electrons. The Hall–Kier alpha value is -3.81. The number of amides is 1. The quantitative estimate of drug-likeness (QED) is 0.423. The van der Waals surface area contributed by atoms with Crippen LogP contribution in [-0.2, 0) is 12.8 Å². The number of carbonyl (C=O) groups excluding carboxylic acids is 1. The first kappa shape index (κ1) is 22.6. The highest BCUT2D eigenvalue weighted by Gasteiger charge is 2.43. The second kappa shape index (κ2) is 9.00. The molecule has 0 aliphatic carbocycles. The fourth-order valence-corrected chi connectivity index (χ4v) is 5.63. The molecule has 4 aromatic heterocycles. The minimum atomic E-state index is -0.433. The average molecular weight is 485 g/mol. The third-order valence-corrected chi connectivity index (χ3v) is 7.51. The van der Waals surface area contributed by atoms with Gasteiger partial charge in [-0.2, -0.15) is 0 Å². The number of fused-ring (bicyclic) bond motifs is 2. The van der Waals surface area contributed by atoms with Crippen molar-refractivity contribution in [3.05, 3.63) is 77.8 Å². The summed E-state index contributed by atoms with van der Waals surface area (Å²) in [5, 5.41) is 0. The summed E-state index contributed by atoms with van der Waals surface area (Å²) in [5.74, 6) is 1.03. The van der Waals surface area contributed by atoms with Crippen LogP contribution < -0.4 is 4.90 Å². The zero-order valence-electron chi connectivity index (χ0n) is 20.6. The maximum Gasteiger partial charge on any atom is 0.256 e. The molecular formula is C28H29FN6O. The van der Waals surface area contributed by atoms with E-state index in [9.17, 15) is 9.18 Å². The van der Waals surface area contributed by atoms with E-state index in [1.807, 2.05) is 33.7 Å². The van der Waals surface area contributed by atoms with Crippen LogP contribution in [0.4, 0.5) is 10.3 Å². The van der Waals surface area contributed by atoms with Crippen molar-refractivity contribution in [3.8, 4) is 11.3 Å². The van der Waals surface area contributed by atoms with Gasteiger partial charge in [0.05, 0.1) is 11.1 Å². The van der Waals surface area contributed by atoms with Crippen LogP contribution in [-0.4, -0.2) is 56.3 Å². The molecule has 6 rings (SSSR count). The van der Waals surface area contributed by atoms with Gasteiger partial charge in [0.15, 0.2) is 0 Å². The standard InChI is InChI=1S/C28H29FN6O/c1-3-20-12-21(4-2)32-28(31-20)35-15-18-13-34(14-19(18)16-35)27(36)25-22(26-23(29)8-7-10-30-26)17-33-11-6-5-9-24(25)33/h5-12,17-19H,3-4,13-16H2,1-2H3. The molecule has 2 fully saturated rings. The maximum absolute atomic E-state index is 14.7. The Labute approximate surface area is 209 Å². The SMILES string of the molecule is CCc1cc(CC)nc(N2CC3CN(C(=O)c4c(-c5ncccc5F)cn5ccccc45)CC3C2)n1. The van der Waals surface area contributed by atoms with Gasteiger partial charge in [0, 0.05) is 73.6 Å². The number of likely N-dealkylation sites (tertiary alicyclic amines) is 1. The zero-order chi connectivity index (χ0) is 24.8. The number of hydrogen-bond donors (Lipinski definition) is 0. The lowest BCUT2D eigenvalue weighted by molar-refractivity contribution is 0.0785. The molecular weight excluding hydrogens is 455 g/mol. The third kappa shape index (κ3) is 3.81. The number of carbonyl (C=O) groups is 1. The maximum atomic E-state index is 14.7. The topological polar surface area (TPSA) is 66.6 Å². The van der Waals surface area contributed by atoms with Crippen LogP contribution in [0.5, 0.6) is 0 Å². The largest absolute Gasteiger partial charge is 0.340 e. The molecule has 36 heavy (non-hydrogen) atoms. The van der Waals surface area contributed by atoms with Crippen LogP contribution in [0.1, 0.15) is 35.6 Å². The lowest BCUT2D eigenvalue weighted by Crippen LogP contribution is -2.34. The lowest BCUT2D eigenvalue weighted by atomic mass is 10.0. The van der Waals surface area contributed by atoms with Crippen LogP contribution >= 0.6 is 0 Å². The molecule has 6 heterocycles. The second-order valence-corrected chi connectivity index (χ2v) is 9.74. The van der Waals surface area contributed by atoms with Crippen LogP contribution in [0.3, 0.4) is 0 Å². The number of pyridine rings is 2. The number of halogens is 1. The van der Waals surface area contributed by atoms with E-state index >= 15 is 0 Å². The summed E-state index contributed by atoms with van der Waals surface area (Å²) in [6.07, 6.45) is 7.01. The summed E-state index contributed by atoms with van der Waals surface area (Å²) in [7, 11) is 0. The van der Waals surface area contributed by atoms with Crippen molar-refractivity contribution in [3.63, 3.8) is 0 Å². The normalized spacial score (nSPS) is 19.3. The molecule has 4 aromatic rings.